The second-order valence-corrected chi connectivity index (χ2v) is 6.17. The van der Waals surface area contributed by atoms with E-state index in [0.717, 1.165) is 11.3 Å². The van der Waals surface area contributed by atoms with E-state index in [9.17, 15) is 5.11 Å². The van der Waals surface area contributed by atoms with Crippen LogP contribution in [0.25, 0.3) is 0 Å². The van der Waals surface area contributed by atoms with Crippen LogP contribution in [0.2, 0.25) is 10.0 Å². The number of thioether (sulfide) groups is 1. The Morgan fingerprint density at radius 2 is 1.79 bits per heavy atom. The zero-order valence-electron chi connectivity index (χ0n) is 10.4. The van der Waals surface area contributed by atoms with Gasteiger partial charge in [-0.1, -0.05) is 54.4 Å². The molecular formula is C15H14Cl2OS. The summed E-state index contributed by atoms with van der Waals surface area (Å²) in [5.74, 6) is 1.03. The van der Waals surface area contributed by atoms with E-state index in [1.807, 2.05) is 24.3 Å². The van der Waals surface area contributed by atoms with Gasteiger partial charge in [0.05, 0.1) is 10.0 Å². The fourth-order valence-corrected chi connectivity index (χ4v) is 2.90. The summed E-state index contributed by atoms with van der Waals surface area (Å²) < 4.78 is 0. The van der Waals surface area contributed by atoms with Crippen molar-refractivity contribution < 1.29 is 5.11 Å². The lowest BCUT2D eigenvalue weighted by molar-refractivity contribution is 0.220. The first-order valence-corrected chi connectivity index (χ1v) is 7.72. The number of halogens is 2. The second kappa shape index (κ2) is 6.67. The molecule has 0 radical (unpaired) electrons. The molecule has 1 atom stereocenters. The minimum absolute atomic E-state index is 0.406. The second-order valence-electron chi connectivity index (χ2n) is 4.05. The van der Waals surface area contributed by atoms with Crippen LogP contribution in [0.4, 0.5) is 0 Å². The van der Waals surface area contributed by atoms with Crippen LogP contribution in [-0.4, -0.2) is 10.9 Å². The molecule has 0 saturated carbocycles. The van der Waals surface area contributed by atoms with Crippen molar-refractivity contribution in [3.05, 3.63) is 63.6 Å². The minimum atomic E-state index is -0.758. The molecular weight excluding hydrogens is 299 g/mol. The molecule has 0 aliphatic rings. The quantitative estimate of drug-likeness (QED) is 0.784. The summed E-state index contributed by atoms with van der Waals surface area (Å²) in [7, 11) is 0. The third-order valence-electron chi connectivity index (χ3n) is 2.78. The van der Waals surface area contributed by atoms with Gasteiger partial charge in [-0.05, 0) is 29.5 Å². The fraction of sp³-hybridized carbons (Fsp3) is 0.200. The summed E-state index contributed by atoms with van der Waals surface area (Å²) in [6, 6.07) is 13.1. The summed E-state index contributed by atoms with van der Waals surface area (Å²) in [5.41, 5.74) is 1.44. The van der Waals surface area contributed by atoms with Gasteiger partial charge in [0.1, 0.15) is 6.10 Å². The molecule has 0 heterocycles. The number of benzene rings is 2. The Morgan fingerprint density at radius 1 is 1.11 bits per heavy atom. The molecule has 100 valence electrons. The van der Waals surface area contributed by atoms with E-state index in [1.54, 1.807) is 30.0 Å². The Kier molecular flexibility index (Phi) is 5.17. The minimum Gasteiger partial charge on any atom is -0.384 e. The lowest BCUT2D eigenvalue weighted by Gasteiger charge is -2.14. The zero-order valence-corrected chi connectivity index (χ0v) is 12.8. The lowest BCUT2D eigenvalue weighted by Crippen LogP contribution is -2.00. The molecule has 1 unspecified atom stereocenters. The average Bonchev–Trinajstić information content (AvgIpc) is 2.42. The molecule has 0 fully saturated rings. The van der Waals surface area contributed by atoms with Gasteiger partial charge in [0, 0.05) is 10.5 Å². The number of rotatable bonds is 4. The van der Waals surface area contributed by atoms with Gasteiger partial charge < -0.3 is 5.11 Å². The van der Waals surface area contributed by atoms with Gasteiger partial charge >= 0.3 is 0 Å². The molecule has 0 aliphatic heterocycles. The SMILES string of the molecule is CCSc1ccc(C(O)c2cccc(Cl)c2Cl)cc1. The van der Waals surface area contributed by atoms with Crippen LogP contribution in [0, 0.1) is 0 Å². The molecule has 0 amide bonds. The number of hydrogen-bond acceptors (Lipinski definition) is 2. The monoisotopic (exact) mass is 312 g/mol. The van der Waals surface area contributed by atoms with Crippen LogP contribution >= 0.6 is 35.0 Å². The van der Waals surface area contributed by atoms with Gasteiger partial charge in [-0.3, -0.25) is 0 Å². The number of aliphatic hydroxyl groups is 1. The van der Waals surface area contributed by atoms with Gasteiger partial charge in [-0.2, -0.15) is 0 Å². The molecule has 1 N–H and O–H groups in total. The van der Waals surface area contributed by atoms with E-state index in [-0.39, 0.29) is 0 Å². The van der Waals surface area contributed by atoms with Crippen LogP contribution in [-0.2, 0) is 0 Å². The first-order chi connectivity index (χ1) is 9.13. The standard InChI is InChI=1S/C15H14Cl2OS/c1-2-19-11-8-6-10(7-9-11)15(18)12-4-3-5-13(16)14(12)17/h3-9,15,18H,2H2,1H3. The molecule has 19 heavy (non-hydrogen) atoms. The Labute approximate surface area is 127 Å². The van der Waals surface area contributed by atoms with Gasteiger partial charge in [0.25, 0.3) is 0 Å². The predicted octanol–water partition coefficient (Wildman–Crippen LogP) is 5.19. The highest BCUT2D eigenvalue weighted by Crippen LogP contribution is 2.33. The third-order valence-corrected chi connectivity index (χ3v) is 4.51. The first-order valence-electron chi connectivity index (χ1n) is 5.98. The maximum atomic E-state index is 10.4. The Hall–Kier alpha value is -0.670. The maximum Gasteiger partial charge on any atom is 0.106 e. The van der Waals surface area contributed by atoms with E-state index in [1.165, 1.54) is 4.90 Å². The van der Waals surface area contributed by atoms with E-state index in [4.69, 9.17) is 23.2 Å². The zero-order chi connectivity index (χ0) is 13.8. The van der Waals surface area contributed by atoms with Crippen LogP contribution in [0.5, 0.6) is 0 Å². The van der Waals surface area contributed by atoms with Crippen molar-refractivity contribution in [2.75, 3.05) is 5.75 Å². The molecule has 2 rings (SSSR count). The summed E-state index contributed by atoms with van der Waals surface area (Å²) in [4.78, 5) is 1.19. The molecule has 0 spiro atoms. The topological polar surface area (TPSA) is 20.2 Å². The molecule has 2 aromatic rings. The molecule has 0 saturated heterocycles. The van der Waals surface area contributed by atoms with Gasteiger partial charge in [0.2, 0.25) is 0 Å². The largest absolute Gasteiger partial charge is 0.384 e. The third kappa shape index (κ3) is 3.46. The van der Waals surface area contributed by atoms with Crippen molar-refractivity contribution in [1.29, 1.82) is 0 Å². The van der Waals surface area contributed by atoms with Crippen molar-refractivity contribution >= 4 is 35.0 Å². The van der Waals surface area contributed by atoms with Crippen molar-refractivity contribution in [2.24, 2.45) is 0 Å². The van der Waals surface area contributed by atoms with E-state index >= 15 is 0 Å². The maximum absolute atomic E-state index is 10.4. The van der Waals surface area contributed by atoms with Crippen molar-refractivity contribution in [2.45, 2.75) is 17.9 Å². The molecule has 1 nitrogen and oxygen atoms in total. The predicted molar refractivity (Wildman–Crippen MR) is 83.4 cm³/mol. The highest BCUT2D eigenvalue weighted by Gasteiger charge is 2.15. The molecule has 0 aromatic heterocycles. The number of aliphatic hydroxyl groups excluding tert-OH is 1. The first kappa shape index (κ1) is 14.7. The Balaban J connectivity index is 2.28. The fourth-order valence-electron chi connectivity index (χ4n) is 1.82. The van der Waals surface area contributed by atoms with Crippen molar-refractivity contribution in [1.82, 2.24) is 0 Å². The van der Waals surface area contributed by atoms with Crippen LogP contribution in [0.1, 0.15) is 24.2 Å². The van der Waals surface area contributed by atoms with Gasteiger partial charge in [0.15, 0.2) is 0 Å². The van der Waals surface area contributed by atoms with Crippen LogP contribution in [0.15, 0.2) is 47.4 Å². The molecule has 0 aliphatic carbocycles. The van der Waals surface area contributed by atoms with E-state index in [2.05, 4.69) is 6.92 Å². The Morgan fingerprint density at radius 3 is 2.42 bits per heavy atom. The van der Waals surface area contributed by atoms with Crippen molar-refractivity contribution in [3.8, 4) is 0 Å². The summed E-state index contributed by atoms with van der Waals surface area (Å²) >= 11 is 13.9. The van der Waals surface area contributed by atoms with Crippen LogP contribution in [0.3, 0.4) is 0 Å². The number of hydrogen-bond donors (Lipinski definition) is 1. The normalized spacial score (nSPS) is 12.4. The molecule has 2 aromatic carbocycles. The summed E-state index contributed by atoms with van der Waals surface area (Å²) in [5, 5.41) is 11.2. The highest BCUT2D eigenvalue weighted by atomic mass is 35.5. The van der Waals surface area contributed by atoms with Crippen molar-refractivity contribution in [3.63, 3.8) is 0 Å². The summed E-state index contributed by atoms with van der Waals surface area (Å²) in [6.45, 7) is 2.11. The smallest absolute Gasteiger partial charge is 0.106 e. The van der Waals surface area contributed by atoms with Gasteiger partial charge in [-0.15, -0.1) is 11.8 Å². The lowest BCUT2D eigenvalue weighted by atomic mass is 10.0. The summed E-state index contributed by atoms with van der Waals surface area (Å²) in [6.07, 6.45) is -0.758. The highest BCUT2D eigenvalue weighted by molar-refractivity contribution is 7.99. The Bertz CT molecular complexity index is 555. The molecule has 4 heteroatoms. The van der Waals surface area contributed by atoms with E-state index in [0.29, 0.717) is 15.6 Å². The van der Waals surface area contributed by atoms with Crippen LogP contribution < -0.4 is 0 Å². The van der Waals surface area contributed by atoms with E-state index < -0.39 is 6.10 Å². The van der Waals surface area contributed by atoms with Gasteiger partial charge in [-0.25, -0.2) is 0 Å². The molecule has 0 bridgehead atoms. The average molecular weight is 313 g/mol.